The fourth-order valence-electron chi connectivity index (χ4n) is 2.89. The van der Waals surface area contributed by atoms with Crippen LogP contribution in [0.25, 0.3) is 0 Å². The third kappa shape index (κ3) is 4.25. The van der Waals surface area contributed by atoms with Crippen LogP contribution >= 0.6 is 0 Å². The van der Waals surface area contributed by atoms with E-state index in [1.165, 1.54) is 0 Å². The number of benzene rings is 1. The smallest absolute Gasteiger partial charge is 0.354 e. The number of aryl methyl sites for hydroxylation is 1. The largest absolute Gasteiger partial charge is 0.456 e. The fraction of sp³-hybridized carbons (Fsp3) is 0.471. The van der Waals surface area contributed by atoms with Crippen LogP contribution in [-0.2, 0) is 30.8 Å². The first-order valence-corrected chi connectivity index (χ1v) is 9.99. The third-order valence-corrected chi connectivity index (χ3v) is 6.09. The van der Waals surface area contributed by atoms with E-state index in [0.717, 1.165) is 16.1 Å². The van der Waals surface area contributed by atoms with Gasteiger partial charge in [0.25, 0.3) is 0 Å². The van der Waals surface area contributed by atoms with Gasteiger partial charge in [-0.15, -0.1) is 0 Å². The van der Waals surface area contributed by atoms with Gasteiger partial charge < -0.3 is 4.74 Å². The topological polar surface area (TPSA) is 93.1 Å². The maximum Gasteiger partial charge on any atom is 0.354 e. The number of carbonyl (C=O) groups excluding carboxylic acids is 2. The summed E-state index contributed by atoms with van der Waals surface area (Å²) in [4.78, 5) is 24.3. The normalized spacial score (nSPS) is 22.6. The van der Waals surface area contributed by atoms with Gasteiger partial charge in [-0.25, -0.2) is 18.2 Å². The van der Waals surface area contributed by atoms with Crippen molar-refractivity contribution in [1.82, 2.24) is 5.01 Å². The van der Waals surface area contributed by atoms with Crippen LogP contribution < -0.4 is 0 Å². The average Bonchev–Trinajstić information content (AvgIpc) is 2.94. The van der Waals surface area contributed by atoms with E-state index in [-0.39, 0.29) is 42.6 Å². The standard InChI is InChI=1S/C17H20N2O5S/c1-12-2-4-13(5-3-12)10-24-17(21)15-6-7-16(20)19(18-15)14-8-9-25(22,23)11-14/h2-5,14H,6-11H2,1H3/t14-/m0/s1. The summed E-state index contributed by atoms with van der Waals surface area (Å²) in [5.74, 6) is -0.880. The summed E-state index contributed by atoms with van der Waals surface area (Å²) < 4.78 is 28.5. The second-order valence-electron chi connectivity index (χ2n) is 6.40. The molecule has 1 aromatic carbocycles. The number of hydrazone groups is 1. The van der Waals surface area contributed by atoms with Crippen molar-refractivity contribution in [2.45, 2.75) is 38.8 Å². The summed E-state index contributed by atoms with van der Waals surface area (Å²) in [6.07, 6.45) is 0.694. The third-order valence-electron chi connectivity index (χ3n) is 4.34. The Morgan fingerprint density at radius 3 is 2.64 bits per heavy atom. The van der Waals surface area contributed by atoms with Crippen molar-refractivity contribution in [2.24, 2.45) is 5.10 Å². The molecule has 1 aromatic rings. The highest BCUT2D eigenvalue weighted by atomic mass is 32.2. The van der Waals surface area contributed by atoms with E-state index in [4.69, 9.17) is 4.74 Å². The molecule has 2 aliphatic heterocycles. The predicted molar refractivity (Wildman–Crippen MR) is 91.5 cm³/mol. The molecular formula is C17H20N2O5S. The van der Waals surface area contributed by atoms with Crippen LogP contribution in [0.2, 0.25) is 0 Å². The maximum absolute atomic E-state index is 12.2. The Morgan fingerprint density at radius 2 is 2.00 bits per heavy atom. The number of sulfone groups is 1. The van der Waals surface area contributed by atoms with Crippen molar-refractivity contribution >= 4 is 27.4 Å². The van der Waals surface area contributed by atoms with Crippen LogP contribution in [0.15, 0.2) is 29.4 Å². The Balaban J connectivity index is 1.66. The Hall–Kier alpha value is -2.22. The van der Waals surface area contributed by atoms with Crippen molar-refractivity contribution in [3.8, 4) is 0 Å². The number of rotatable bonds is 4. The van der Waals surface area contributed by atoms with Gasteiger partial charge in [0.05, 0.1) is 17.5 Å². The lowest BCUT2D eigenvalue weighted by atomic mass is 10.1. The lowest BCUT2D eigenvalue weighted by Crippen LogP contribution is -2.42. The molecule has 2 aliphatic rings. The lowest BCUT2D eigenvalue weighted by Gasteiger charge is -2.27. The molecule has 134 valence electrons. The van der Waals surface area contributed by atoms with Gasteiger partial charge in [-0.1, -0.05) is 29.8 Å². The van der Waals surface area contributed by atoms with Crippen molar-refractivity contribution in [1.29, 1.82) is 0 Å². The van der Waals surface area contributed by atoms with Crippen LogP contribution in [0.1, 0.15) is 30.4 Å². The van der Waals surface area contributed by atoms with Gasteiger partial charge in [0.15, 0.2) is 9.84 Å². The molecule has 8 heteroatoms. The molecule has 0 bridgehead atoms. The predicted octanol–water partition coefficient (Wildman–Crippen LogP) is 1.20. The Labute approximate surface area is 146 Å². The van der Waals surface area contributed by atoms with Crippen LogP contribution in [0, 0.1) is 6.92 Å². The molecule has 2 heterocycles. The van der Waals surface area contributed by atoms with Crippen LogP contribution in [-0.4, -0.2) is 48.6 Å². The molecule has 1 fully saturated rings. The maximum atomic E-state index is 12.2. The first kappa shape index (κ1) is 17.6. The van der Waals surface area contributed by atoms with Gasteiger partial charge in [-0.3, -0.25) is 4.79 Å². The molecule has 0 spiro atoms. The monoisotopic (exact) mass is 364 g/mol. The molecule has 1 amide bonds. The molecule has 0 unspecified atom stereocenters. The summed E-state index contributed by atoms with van der Waals surface area (Å²) in [5, 5.41) is 5.26. The highest BCUT2D eigenvalue weighted by Gasteiger charge is 2.37. The van der Waals surface area contributed by atoms with Gasteiger partial charge in [0.2, 0.25) is 5.91 Å². The summed E-state index contributed by atoms with van der Waals surface area (Å²) in [5.41, 5.74) is 2.15. The average molecular weight is 364 g/mol. The Bertz CT molecular complexity index is 814. The van der Waals surface area contributed by atoms with Crippen LogP contribution in [0.4, 0.5) is 0 Å². The molecule has 7 nitrogen and oxygen atoms in total. The number of nitrogens with zero attached hydrogens (tertiary/aromatic N) is 2. The van der Waals surface area contributed by atoms with Crippen molar-refractivity contribution < 1.29 is 22.7 Å². The number of hydrogen-bond acceptors (Lipinski definition) is 6. The van der Waals surface area contributed by atoms with Gasteiger partial charge in [0, 0.05) is 12.8 Å². The molecule has 0 aromatic heterocycles. The molecule has 0 aliphatic carbocycles. The van der Waals surface area contributed by atoms with Gasteiger partial charge >= 0.3 is 5.97 Å². The van der Waals surface area contributed by atoms with E-state index in [9.17, 15) is 18.0 Å². The van der Waals surface area contributed by atoms with Crippen molar-refractivity contribution in [3.05, 3.63) is 35.4 Å². The zero-order chi connectivity index (χ0) is 18.0. The number of amides is 1. The first-order chi connectivity index (χ1) is 11.8. The molecule has 1 saturated heterocycles. The quantitative estimate of drug-likeness (QED) is 0.749. The lowest BCUT2D eigenvalue weighted by molar-refractivity contribution is -0.138. The molecule has 0 N–H and O–H groups in total. The Morgan fingerprint density at radius 1 is 1.28 bits per heavy atom. The minimum atomic E-state index is -3.14. The van der Waals surface area contributed by atoms with E-state index in [0.29, 0.717) is 6.42 Å². The van der Waals surface area contributed by atoms with Gasteiger partial charge in [0.1, 0.15) is 12.3 Å². The number of ether oxygens (including phenoxy) is 1. The highest BCUT2D eigenvalue weighted by molar-refractivity contribution is 7.91. The summed E-state index contributed by atoms with van der Waals surface area (Å²) in [7, 11) is -3.14. The van der Waals surface area contributed by atoms with Crippen LogP contribution in [0.3, 0.4) is 0 Å². The minimum Gasteiger partial charge on any atom is -0.456 e. The second kappa shape index (κ2) is 6.95. The van der Waals surface area contributed by atoms with Gasteiger partial charge in [-0.2, -0.15) is 5.10 Å². The SMILES string of the molecule is Cc1ccc(COC(=O)C2=NN([C@H]3CCS(=O)(=O)C3)C(=O)CC2)cc1. The van der Waals surface area contributed by atoms with E-state index in [1.54, 1.807) is 0 Å². The van der Waals surface area contributed by atoms with E-state index in [2.05, 4.69) is 5.10 Å². The van der Waals surface area contributed by atoms with Crippen molar-refractivity contribution in [3.63, 3.8) is 0 Å². The van der Waals surface area contributed by atoms with Gasteiger partial charge in [-0.05, 0) is 18.9 Å². The molecule has 0 saturated carbocycles. The van der Waals surface area contributed by atoms with Crippen molar-refractivity contribution in [2.75, 3.05) is 11.5 Å². The molecule has 3 rings (SSSR count). The number of hydrogen-bond donors (Lipinski definition) is 0. The minimum absolute atomic E-state index is 0.0458. The molecular weight excluding hydrogens is 344 g/mol. The molecule has 1 atom stereocenters. The fourth-order valence-corrected chi connectivity index (χ4v) is 4.58. The Kier molecular flexibility index (Phi) is 4.89. The summed E-state index contributed by atoms with van der Waals surface area (Å²) >= 11 is 0. The zero-order valence-electron chi connectivity index (χ0n) is 14.0. The highest BCUT2D eigenvalue weighted by Crippen LogP contribution is 2.22. The van der Waals surface area contributed by atoms with Crippen LogP contribution in [0.5, 0.6) is 0 Å². The number of esters is 1. The van der Waals surface area contributed by atoms with E-state index in [1.807, 2.05) is 31.2 Å². The molecule has 25 heavy (non-hydrogen) atoms. The summed E-state index contributed by atoms with van der Waals surface area (Å²) in [6, 6.07) is 7.14. The second-order valence-corrected chi connectivity index (χ2v) is 8.63. The van der Waals surface area contributed by atoms with E-state index < -0.39 is 21.8 Å². The molecule has 0 radical (unpaired) electrons. The van der Waals surface area contributed by atoms with E-state index >= 15 is 0 Å². The zero-order valence-corrected chi connectivity index (χ0v) is 14.8. The number of carbonyl (C=O) groups is 2. The first-order valence-electron chi connectivity index (χ1n) is 8.17. The summed E-state index contributed by atoms with van der Waals surface area (Å²) in [6.45, 7) is 2.10.